The highest BCUT2D eigenvalue weighted by Crippen LogP contribution is 2.37. The number of benzene rings is 2. The van der Waals surface area contributed by atoms with Gasteiger partial charge in [0.05, 0.1) is 24.8 Å². The summed E-state index contributed by atoms with van der Waals surface area (Å²) >= 11 is 6.24. The van der Waals surface area contributed by atoms with Crippen molar-refractivity contribution < 1.29 is 19.1 Å². The van der Waals surface area contributed by atoms with Gasteiger partial charge in [0.1, 0.15) is 0 Å². The van der Waals surface area contributed by atoms with E-state index in [1.165, 1.54) is 6.08 Å². The molecule has 0 atom stereocenters. The standard InChI is InChI=1S/C21H21ClN2O4/c22-17-11-16(12-18-21(17)28-10-4-9-27-18)13-23-20(26)14-24-19(25)8-7-15-5-2-1-3-6-15/h1-3,5-8,11-12H,4,9-10,13-14H2,(H,23,26)(H,24,25)/b8-7+. The second-order valence-electron chi connectivity index (χ2n) is 6.19. The largest absolute Gasteiger partial charge is 0.489 e. The van der Waals surface area contributed by atoms with Gasteiger partial charge in [-0.3, -0.25) is 9.59 Å². The lowest BCUT2D eigenvalue weighted by Gasteiger charge is -2.12. The second kappa shape index (κ2) is 9.80. The molecule has 2 aromatic rings. The first-order valence-corrected chi connectivity index (χ1v) is 9.35. The SMILES string of the molecule is O=C(/C=C/c1ccccc1)NCC(=O)NCc1cc(Cl)c2c(c1)OCCCO2. The van der Waals surface area contributed by atoms with E-state index in [0.29, 0.717) is 29.7 Å². The molecule has 0 radical (unpaired) electrons. The molecule has 2 amide bonds. The molecule has 0 saturated carbocycles. The van der Waals surface area contributed by atoms with Gasteiger partial charge in [-0.15, -0.1) is 0 Å². The van der Waals surface area contributed by atoms with Crippen molar-refractivity contribution in [3.8, 4) is 11.5 Å². The molecule has 0 bridgehead atoms. The van der Waals surface area contributed by atoms with Crippen molar-refractivity contribution in [1.82, 2.24) is 10.6 Å². The van der Waals surface area contributed by atoms with Crippen LogP contribution in [0.2, 0.25) is 5.02 Å². The molecule has 0 fully saturated rings. The van der Waals surface area contributed by atoms with E-state index in [-0.39, 0.29) is 24.9 Å². The fourth-order valence-corrected chi connectivity index (χ4v) is 2.90. The number of nitrogens with one attached hydrogen (secondary N) is 2. The normalized spacial score (nSPS) is 13.0. The van der Waals surface area contributed by atoms with E-state index in [4.69, 9.17) is 21.1 Å². The minimum atomic E-state index is -0.336. The lowest BCUT2D eigenvalue weighted by Crippen LogP contribution is -2.35. The van der Waals surface area contributed by atoms with Crippen molar-refractivity contribution in [1.29, 1.82) is 0 Å². The Kier molecular flexibility index (Phi) is 6.92. The van der Waals surface area contributed by atoms with E-state index in [9.17, 15) is 9.59 Å². The van der Waals surface area contributed by atoms with Crippen LogP contribution < -0.4 is 20.1 Å². The zero-order valence-corrected chi connectivity index (χ0v) is 16.0. The van der Waals surface area contributed by atoms with Crippen LogP contribution in [0.1, 0.15) is 17.5 Å². The van der Waals surface area contributed by atoms with Crippen LogP contribution in [0.15, 0.2) is 48.5 Å². The number of carbonyl (C=O) groups excluding carboxylic acids is 2. The van der Waals surface area contributed by atoms with Crippen LogP contribution in [-0.4, -0.2) is 31.6 Å². The van der Waals surface area contributed by atoms with Gasteiger partial charge in [-0.25, -0.2) is 0 Å². The van der Waals surface area contributed by atoms with Gasteiger partial charge in [-0.05, 0) is 29.3 Å². The van der Waals surface area contributed by atoms with Crippen LogP contribution >= 0.6 is 11.6 Å². The maximum atomic E-state index is 12.0. The molecule has 0 unspecified atom stereocenters. The summed E-state index contributed by atoms with van der Waals surface area (Å²) in [4.78, 5) is 23.8. The van der Waals surface area contributed by atoms with Crippen molar-refractivity contribution in [3.05, 3.63) is 64.7 Å². The van der Waals surface area contributed by atoms with Crippen LogP contribution in [-0.2, 0) is 16.1 Å². The second-order valence-corrected chi connectivity index (χ2v) is 6.60. The van der Waals surface area contributed by atoms with Crippen LogP contribution in [0.4, 0.5) is 0 Å². The molecule has 3 rings (SSSR count). The molecule has 1 aliphatic rings. The first-order valence-electron chi connectivity index (χ1n) is 8.97. The number of carbonyl (C=O) groups is 2. The molecule has 0 aliphatic carbocycles. The Balaban J connectivity index is 1.47. The minimum absolute atomic E-state index is 0.115. The summed E-state index contributed by atoms with van der Waals surface area (Å²) in [5.41, 5.74) is 1.70. The van der Waals surface area contributed by atoms with E-state index >= 15 is 0 Å². The lowest BCUT2D eigenvalue weighted by atomic mass is 10.2. The summed E-state index contributed by atoms with van der Waals surface area (Å²) in [6, 6.07) is 13.0. The van der Waals surface area contributed by atoms with Crippen molar-refractivity contribution in [2.24, 2.45) is 0 Å². The summed E-state index contributed by atoms with van der Waals surface area (Å²) in [7, 11) is 0. The number of amides is 2. The van der Waals surface area contributed by atoms with Gasteiger partial charge in [0.25, 0.3) is 0 Å². The molecule has 0 saturated heterocycles. The summed E-state index contributed by atoms with van der Waals surface area (Å²) in [5.74, 6) is 0.475. The molecule has 28 heavy (non-hydrogen) atoms. The van der Waals surface area contributed by atoms with Crippen molar-refractivity contribution in [2.45, 2.75) is 13.0 Å². The first kappa shape index (κ1) is 19.8. The highest BCUT2D eigenvalue weighted by molar-refractivity contribution is 6.32. The van der Waals surface area contributed by atoms with E-state index in [1.54, 1.807) is 18.2 Å². The van der Waals surface area contributed by atoms with E-state index < -0.39 is 0 Å². The maximum Gasteiger partial charge on any atom is 0.244 e. The molecular weight excluding hydrogens is 380 g/mol. The third-order valence-electron chi connectivity index (χ3n) is 4.00. The summed E-state index contributed by atoms with van der Waals surface area (Å²) < 4.78 is 11.2. The van der Waals surface area contributed by atoms with E-state index in [2.05, 4.69) is 10.6 Å². The Morgan fingerprint density at radius 2 is 1.86 bits per heavy atom. The Labute approximate surface area is 168 Å². The van der Waals surface area contributed by atoms with Gasteiger partial charge >= 0.3 is 0 Å². The summed E-state index contributed by atoms with van der Waals surface area (Å²) in [6.07, 6.45) is 3.87. The highest BCUT2D eigenvalue weighted by Gasteiger charge is 2.15. The Morgan fingerprint density at radius 3 is 2.68 bits per heavy atom. The van der Waals surface area contributed by atoms with Crippen LogP contribution in [0.5, 0.6) is 11.5 Å². The van der Waals surface area contributed by atoms with Crippen LogP contribution in [0.25, 0.3) is 6.08 Å². The third kappa shape index (κ3) is 5.76. The van der Waals surface area contributed by atoms with E-state index in [0.717, 1.165) is 17.5 Å². The topological polar surface area (TPSA) is 76.7 Å². The van der Waals surface area contributed by atoms with Gasteiger partial charge in [0.15, 0.2) is 11.5 Å². The van der Waals surface area contributed by atoms with Crippen LogP contribution in [0.3, 0.4) is 0 Å². The average Bonchev–Trinajstić information content (AvgIpc) is 2.96. The predicted octanol–water partition coefficient (Wildman–Crippen LogP) is 2.95. The number of halogens is 1. The molecule has 7 heteroatoms. The van der Waals surface area contributed by atoms with Crippen molar-refractivity contribution in [3.63, 3.8) is 0 Å². The molecule has 2 N–H and O–H groups in total. The van der Waals surface area contributed by atoms with E-state index in [1.807, 2.05) is 30.3 Å². The average molecular weight is 401 g/mol. The zero-order chi connectivity index (χ0) is 19.8. The van der Waals surface area contributed by atoms with Gasteiger partial charge in [-0.2, -0.15) is 0 Å². The molecule has 0 aromatic heterocycles. The Morgan fingerprint density at radius 1 is 1.07 bits per heavy atom. The Hall–Kier alpha value is -2.99. The smallest absolute Gasteiger partial charge is 0.244 e. The first-order chi connectivity index (χ1) is 13.6. The summed E-state index contributed by atoms with van der Waals surface area (Å²) in [6.45, 7) is 1.27. The van der Waals surface area contributed by atoms with Crippen molar-refractivity contribution >= 4 is 29.5 Å². The van der Waals surface area contributed by atoms with Crippen molar-refractivity contribution in [2.75, 3.05) is 19.8 Å². The van der Waals surface area contributed by atoms with Gasteiger partial charge in [-0.1, -0.05) is 41.9 Å². The fourth-order valence-electron chi connectivity index (χ4n) is 2.61. The maximum absolute atomic E-state index is 12.0. The monoisotopic (exact) mass is 400 g/mol. The molecule has 2 aromatic carbocycles. The molecular formula is C21H21ClN2O4. The highest BCUT2D eigenvalue weighted by atomic mass is 35.5. The van der Waals surface area contributed by atoms with Gasteiger partial charge in [0.2, 0.25) is 11.8 Å². The minimum Gasteiger partial charge on any atom is -0.489 e. The third-order valence-corrected chi connectivity index (χ3v) is 4.28. The number of ether oxygens (including phenoxy) is 2. The summed E-state index contributed by atoms with van der Waals surface area (Å²) in [5, 5.41) is 5.74. The van der Waals surface area contributed by atoms with Crippen LogP contribution in [0, 0.1) is 0 Å². The number of hydrogen-bond acceptors (Lipinski definition) is 4. The Bertz CT molecular complexity index is 868. The lowest BCUT2D eigenvalue weighted by molar-refractivity contribution is -0.124. The molecule has 0 spiro atoms. The predicted molar refractivity (Wildman–Crippen MR) is 107 cm³/mol. The number of hydrogen-bond donors (Lipinski definition) is 2. The quantitative estimate of drug-likeness (QED) is 0.731. The zero-order valence-electron chi connectivity index (χ0n) is 15.2. The van der Waals surface area contributed by atoms with Gasteiger partial charge < -0.3 is 20.1 Å². The molecule has 1 aliphatic heterocycles. The number of fused-ring (bicyclic) bond motifs is 1. The molecule has 6 nitrogen and oxygen atoms in total. The fraction of sp³-hybridized carbons (Fsp3) is 0.238. The molecule has 1 heterocycles. The number of rotatable bonds is 6. The molecule has 146 valence electrons. The van der Waals surface area contributed by atoms with Gasteiger partial charge in [0, 0.05) is 19.0 Å².